The second-order valence-corrected chi connectivity index (χ2v) is 5.56. The summed E-state index contributed by atoms with van der Waals surface area (Å²) in [6.07, 6.45) is -3.78. The van der Waals surface area contributed by atoms with E-state index in [0.29, 0.717) is 22.2 Å². The lowest BCUT2D eigenvalue weighted by molar-refractivity contribution is -0.145. The maximum absolute atomic E-state index is 13.8. The van der Waals surface area contributed by atoms with E-state index in [0.717, 1.165) is 6.07 Å². The molecule has 7 heteroatoms. The molecule has 0 aliphatic carbocycles. The lowest BCUT2D eigenvalue weighted by Gasteiger charge is -2.31. The fourth-order valence-electron chi connectivity index (χ4n) is 2.11. The van der Waals surface area contributed by atoms with Crippen molar-refractivity contribution in [3.05, 3.63) is 34.1 Å². The topological polar surface area (TPSA) is 20.3 Å². The molecule has 0 aliphatic heterocycles. The van der Waals surface area contributed by atoms with Crippen molar-refractivity contribution in [1.82, 2.24) is 4.90 Å². The highest BCUT2D eigenvalue weighted by Crippen LogP contribution is 2.24. The summed E-state index contributed by atoms with van der Waals surface area (Å²) in [4.78, 5) is 13.0. The summed E-state index contributed by atoms with van der Waals surface area (Å²) in [6.45, 7) is 2.01. The fraction of sp³-hybridized carbons (Fsp3) is 0.500. The van der Waals surface area contributed by atoms with Crippen LogP contribution in [0.1, 0.15) is 37.0 Å². The highest BCUT2D eigenvalue weighted by Gasteiger charge is 2.36. The maximum atomic E-state index is 13.8. The number of carbonyl (C=O) groups is 1. The van der Waals surface area contributed by atoms with Gasteiger partial charge in [-0.1, -0.05) is 29.8 Å². The normalized spacial score (nSPS) is 11.8. The first-order valence-electron chi connectivity index (χ1n) is 6.52. The molecule has 0 radical (unpaired) electrons. The molecule has 0 N–H and O–H groups in total. The minimum absolute atomic E-state index is 0.352. The van der Waals surface area contributed by atoms with E-state index in [-0.39, 0.29) is 5.56 Å². The van der Waals surface area contributed by atoms with E-state index in [1.165, 1.54) is 12.1 Å². The zero-order chi connectivity index (χ0) is 16.2. The van der Waals surface area contributed by atoms with Crippen molar-refractivity contribution in [2.75, 3.05) is 6.54 Å². The molecule has 2 nitrogen and oxygen atoms in total. The van der Waals surface area contributed by atoms with Gasteiger partial charge in [-0.2, -0.15) is 13.2 Å². The van der Waals surface area contributed by atoms with Crippen LogP contribution in [-0.4, -0.2) is 29.6 Å². The predicted molar refractivity (Wildman–Crippen MR) is 75.6 cm³/mol. The van der Waals surface area contributed by atoms with Crippen molar-refractivity contribution in [2.45, 2.75) is 38.9 Å². The zero-order valence-corrected chi connectivity index (χ0v) is 13.3. The number of alkyl halides is 3. The largest absolute Gasteiger partial charge is 0.406 e. The highest BCUT2D eigenvalue weighted by molar-refractivity contribution is 9.10. The average molecular weight is 370 g/mol. The van der Waals surface area contributed by atoms with Gasteiger partial charge in [0.05, 0.1) is 5.56 Å². The number of halogens is 5. The van der Waals surface area contributed by atoms with E-state index in [2.05, 4.69) is 15.9 Å². The second-order valence-electron chi connectivity index (χ2n) is 4.64. The molecule has 0 bridgehead atoms. The van der Waals surface area contributed by atoms with Crippen LogP contribution in [0.15, 0.2) is 22.7 Å². The molecule has 1 amide bonds. The van der Waals surface area contributed by atoms with Gasteiger partial charge in [-0.05, 0) is 31.0 Å². The predicted octanol–water partition coefficient (Wildman–Crippen LogP) is 4.78. The summed E-state index contributed by atoms with van der Waals surface area (Å²) < 4.78 is 52.3. The molecule has 0 saturated carbocycles. The van der Waals surface area contributed by atoms with Crippen molar-refractivity contribution in [1.29, 1.82) is 0 Å². The number of rotatable bonds is 5. The van der Waals surface area contributed by atoms with Crippen LogP contribution in [-0.2, 0) is 0 Å². The summed E-state index contributed by atoms with van der Waals surface area (Å²) in [5.74, 6) is -1.78. The van der Waals surface area contributed by atoms with Gasteiger partial charge >= 0.3 is 6.18 Å². The molecule has 0 aliphatic rings. The molecule has 21 heavy (non-hydrogen) atoms. The Bertz CT molecular complexity index is 500. The number of hydrogen-bond acceptors (Lipinski definition) is 1. The van der Waals surface area contributed by atoms with Gasteiger partial charge in [0, 0.05) is 10.5 Å². The Labute approximate surface area is 129 Å². The van der Waals surface area contributed by atoms with Crippen LogP contribution in [0.5, 0.6) is 0 Å². The fourth-order valence-corrected chi connectivity index (χ4v) is 2.44. The summed E-state index contributed by atoms with van der Waals surface area (Å²) >= 11 is 3.04. The Kier molecular flexibility index (Phi) is 6.19. The summed E-state index contributed by atoms with van der Waals surface area (Å²) in [7, 11) is 0. The zero-order valence-electron chi connectivity index (χ0n) is 11.7. The third-order valence-electron chi connectivity index (χ3n) is 3.16. The van der Waals surface area contributed by atoms with Crippen LogP contribution in [0, 0.1) is 5.82 Å². The van der Waals surface area contributed by atoms with Gasteiger partial charge in [0.25, 0.3) is 5.91 Å². The third kappa shape index (κ3) is 4.98. The lowest BCUT2D eigenvalue weighted by atomic mass is 10.1. The Morgan fingerprint density at radius 1 is 1.29 bits per heavy atom. The van der Waals surface area contributed by atoms with Crippen molar-refractivity contribution in [3.63, 3.8) is 0 Å². The molecule has 1 aromatic carbocycles. The smallest absolute Gasteiger partial charge is 0.326 e. The summed E-state index contributed by atoms with van der Waals surface area (Å²) in [6, 6.07) is 3.09. The molecule has 0 spiro atoms. The lowest BCUT2D eigenvalue weighted by Crippen LogP contribution is -2.45. The van der Waals surface area contributed by atoms with Gasteiger partial charge in [0.1, 0.15) is 12.4 Å². The van der Waals surface area contributed by atoms with E-state index in [1.807, 2.05) is 0 Å². The standard InChI is InChI=1S/C14H16BrF4NO/c1-3-10(4-2)20(8-14(17,18)19)13(21)11-6-5-9(15)7-12(11)16/h5-7,10H,3-4,8H2,1-2H3. The number of nitrogens with zero attached hydrogens (tertiary/aromatic N) is 1. The Morgan fingerprint density at radius 2 is 1.86 bits per heavy atom. The van der Waals surface area contributed by atoms with Crippen molar-refractivity contribution >= 4 is 21.8 Å². The van der Waals surface area contributed by atoms with Crippen LogP contribution in [0.3, 0.4) is 0 Å². The molecule has 118 valence electrons. The Hall–Kier alpha value is -1.11. The first-order valence-corrected chi connectivity index (χ1v) is 7.31. The van der Waals surface area contributed by atoms with Gasteiger partial charge in [-0.3, -0.25) is 4.79 Å². The summed E-state index contributed by atoms with van der Waals surface area (Å²) in [5, 5.41) is 0. The molecule has 1 rings (SSSR count). The molecular formula is C14H16BrF4NO. The van der Waals surface area contributed by atoms with Gasteiger partial charge in [-0.25, -0.2) is 4.39 Å². The van der Waals surface area contributed by atoms with Gasteiger partial charge in [0.15, 0.2) is 0 Å². The Balaban J connectivity index is 3.15. The van der Waals surface area contributed by atoms with Crippen molar-refractivity contribution < 1.29 is 22.4 Å². The molecule has 0 heterocycles. The average Bonchev–Trinajstić information content (AvgIpc) is 2.37. The van der Waals surface area contributed by atoms with Crippen LogP contribution in [0.2, 0.25) is 0 Å². The second kappa shape index (κ2) is 7.24. The molecule has 0 saturated heterocycles. The van der Waals surface area contributed by atoms with Crippen molar-refractivity contribution in [3.8, 4) is 0 Å². The van der Waals surface area contributed by atoms with Gasteiger partial charge in [-0.15, -0.1) is 0 Å². The molecular weight excluding hydrogens is 354 g/mol. The van der Waals surface area contributed by atoms with E-state index in [9.17, 15) is 22.4 Å². The van der Waals surface area contributed by atoms with E-state index >= 15 is 0 Å². The summed E-state index contributed by atoms with van der Waals surface area (Å²) in [5.41, 5.74) is -0.352. The first kappa shape index (κ1) is 17.9. The van der Waals surface area contributed by atoms with Crippen LogP contribution >= 0.6 is 15.9 Å². The highest BCUT2D eigenvalue weighted by atomic mass is 79.9. The SMILES string of the molecule is CCC(CC)N(CC(F)(F)F)C(=O)c1ccc(Br)cc1F. The number of carbonyl (C=O) groups excluding carboxylic acids is 1. The molecule has 1 aromatic rings. The quantitative estimate of drug-likeness (QED) is 0.683. The van der Waals surface area contributed by atoms with E-state index in [4.69, 9.17) is 0 Å². The van der Waals surface area contributed by atoms with Gasteiger partial charge < -0.3 is 4.90 Å². The molecule has 0 aromatic heterocycles. The molecule has 0 fully saturated rings. The minimum Gasteiger partial charge on any atom is -0.326 e. The third-order valence-corrected chi connectivity index (χ3v) is 3.65. The van der Waals surface area contributed by atoms with Crippen LogP contribution in [0.4, 0.5) is 17.6 Å². The van der Waals surface area contributed by atoms with Crippen molar-refractivity contribution in [2.24, 2.45) is 0 Å². The van der Waals surface area contributed by atoms with Gasteiger partial charge in [0.2, 0.25) is 0 Å². The number of hydrogen-bond donors (Lipinski definition) is 0. The minimum atomic E-state index is -4.52. The molecule has 0 unspecified atom stereocenters. The maximum Gasteiger partial charge on any atom is 0.406 e. The monoisotopic (exact) mass is 369 g/mol. The first-order chi connectivity index (χ1) is 9.69. The van der Waals surface area contributed by atoms with Crippen LogP contribution < -0.4 is 0 Å². The number of benzene rings is 1. The van der Waals surface area contributed by atoms with E-state index < -0.39 is 30.5 Å². The Morgan fingerprint density at radius 3 is 2.29 bits per heavy atom. The van der Waals surface area contributed by atoms with Crippen LogP contribution in [0.25, 0.3) is 0 Å². The molecule has 0 atom stereocenters. The van der Waals surface area contributed by atoms with E-state index in [1.54, 1.807) is 13.8 Å². The number of amides is 1.